The number of nitrogens with one attached hydrogen (secondary N) is 1. The first-order chi connectivity index (χ1) is 8.89. The van der Waals surface area contributed by atoms with Crippen LogP contribution < -0.4 is 5.32 Å². The van der Waals surface area contributed by atoms with Gasteiger partial charge < -0.3 is 5.32 Å². The molecule has 0 atom stereocenters. The molecule has 2 rings (SSSR count). The van der Waals surface area contributed by atoms with Crippen LogP contribution in [0.4, 0.5) is 0 Å². The van der Waals surface area contributed by atoms with Crippen molar-refractivity contribution in [2.24, 2.45) is 5.41 Å². The topological polar surface area (TPSA) is 24.9 Å². The van der Waals surface area contributed by atoms with Gasteiger partial charge in [0, 0.05) is 29.6 Å². The number of rotatable bonds is 4. The zero-order valence-electron chi connectivity index (χ0n) is 12.9. The van der Waals surface area contributed by atoms with E-state index in [1.807, 2.05) is 17.5 Å². The number of aromatic nitrogens is 1. The number of hydrogen-bond acceptors (Lipinski definition) is 3. The Hall–Kier alpha value is -0.410. The molecule has 0 radical (unpaired) electrons. The molecule has 19 heavy (non-hydrogen) atoms. The second-order valence-electron chi connectivity index (χ2n) is 7.36. The molecule has 0 saturated heterocycles. The summed E-state index contributed by atoms with van der Waals surface area (Å²) in [6.07, 6.45) is 9.06. The number of thiazole rings is 1. The maximum absolute atomic E-state index is 4.55. The Balaban J connectivity index is 1.81. The first kappa shape index (κ1) is 15.0. The predicted molar refractivity (Wildman–Crippen MR) is 83.7 cm³/mol. The summed E-state index contributed by atoms with van der Waals surface area (Å²) in [5.41, 5.74) is 0.702. The quantitative estimate of drug-likeness (QED) is 0.878. The van der Waals surface area contributed by atoms with Gasteiger partial charge in [-0.2, -0.15) is 0 Å². The molecule has 0 bridgehead atoms. The van der Waals surface area contributed by atoms with Crippen LogP contribution in [0.15, 0.2) is 6.20 Å². The van der Waals surface area contributed by atoms with E-state index in [4.69, 9.17) is 0 Å². The summed E-state index contributed by atoms with van der Waals surface area (Å²) < 4.78 is 0. The second-order valence-corrected chi connectivity index (χ2v) is 8.47. The third-order valence-corrected chi connectivity index (χ3v) is 5.53. The molecule has 0 unspecified atom stereocenters. The van der Waals surface area contributed by atoms with Crippen molar-refractivity contribution in [3.8, 4) is 0 Å². The molecule has 2 nitrogen and oxygen atoms in total. The van der Waals surface area contributed by atoms with E-state index >= 15 is 0 Å². The summed E-state index contributed by atoms with van der Waals surface area (Å²) in [7, 11) is 0. The highest BCUT2D eigenvalue weighted by atomic mass is 32.1. The first-order valence-corrected chi connectivity index (χ1v) is 8.37. The summed E-state index contributed by atoms with van der Waals surface area (Å²) in [6, 6.07) is 0. The zero-order chi connectivity index (χ0) is 13.9. The lowest BCUT2D eigenvalue weighted by molar-refractivity contribution is 0.208. The van der Waals surface area contributed by atoms with E-state index in [2.05, 4.69) is 38.0 Å². The fraction of sp³-hybridized carbons (Fsp3) is 0.812. The molecule has 1 aliphatic carbocycles. The lowest BCUT2D eigenvalue weighted by Gasteiger charge is -2.33. The average molecular weight is 280 g/mol. The highest BCUT2D eigenvalue weighted by Crippen LogP contribution is 2.35. The van der Waals surface area contributed by atoms with E-state index in [-0.39, 0.29) is 5.41 Å². The molecule has 0 amide bonds. The van der Waals surface area contributed by atoms with Gasteiger partial charge in [0.1, 0.15) is 0 Å². The summed E-state index contributed by atoms with van der Waals surface area (Å²) >= 11 is 1.85. The Labute approximate surface area is 122 Å². The van der Waals surface area contributed by atoms with Gasteiger partial charge in [0.2, 0.25) is 0 Å². The van der Waals surface area contributed by atoms with E-state index < -0.39 is 0 Å². The van der Waals surface area contributed by atoms with Crippen LogP contribution in [0.1, 0.15) is 69.7 Å². The fourth-order valence-electron chi connectivity index (χ4n) is 2.81. The van der Waals surface area contributed by atoms with Crippen molar-refractivity contribution in [1.29, 1.82) is 0 Å². The van der Waals surface area contributed by atoms with Gasteiger partial charge in [-0.25, -0.2) is 4.98 Å². The maximum Gasteiger partial charge on any atom is 0.0981 e. The van der Waals surface area contributed by atoms with Crippen molar-refractivity contribution in [1.82, 2.24) is 10.3 Å². The second kappa shape index (κ2) is 5.92. The molecule has 1 saturated carbocycles. The minimum Gasteiger partial charge on any atom is -0.311 e. The third-order valence-electron chi connectivity index (χ3n) is 4.11. The molecule has 1 aliphatic rings. The highest BCUT2D eigenvalue weighted by molar-refractivity contribution is 7.11. The van der Waals surface area contributed by atoms with Crippen molar-refractivity contribution in [2.45, 2.75) is 71.8 Å². The van der Waals surface area contributed by atoms with Crippen molar-refractivity contribution in [3.05, 3.63) is 16.1 Å². The minimum atomic E-state index is 0.179. The summed E-state index contributed by atoms with van der Waals surface area (Å²) in [5.74, 6) is 0. The molecule has 1 fully saturated rings. The van der Waals surface area contributed by atoms with Crippen molar-refractivity contribution < 1.29 is 0 Å². The lowest BCUT2D eigenvalue weighted by atomic mass is 9.76. The van der Waals surface area contributed by atoms with E-state index in [0.717, 1.165) is 13.1 Å². The van der Waals surface area contributed by atoms with Gasteiger partial charge in [-0.15, -0.1) is 11.3 Å². The van der Waals surface area contributed by atoms with Crippen molar-refractivity contribution in [3.63, 3.8) is 0 Å². The average Bonchev–Trinajstić information content (AvgIpc) is 2.78. The molecule has 1 aromatic heterocycles. The van der Waals surface area contributed by atoms with Crippen LogP contribution in [0.5, 0.6) is 0 Å². The first-order valence-electron chi connectivity index (χ1n) is 7.55. The van der Waals surface area contributed by atoms with Crippen molar-refractivity contribution >= 4 is 11.3 Å². The lowest BCUT2D eigenvalue weighted by Crippen LogP contribution is -2.33. The molecule has 0 aliphatic heterocycles. The van der Waals surface area contributed by atoms with Crippen LogP contribution in [0, 0.1) is 5.41 Å². The Morgan fingerprint density at radius 2 is 1.95 bits per heavy atom. The Morgan fingerprint density at radius 1 is 1.26 bits per heavy atom. The van der Waals surface area contributed by atoms with Crippen LogP contribution in [-0.2, 0) is 12.0 Å². The summed E-state index contributed by atoms with van der Waals surface area (Å²) in [5, 5.41) is 4.89. The largest absolute Gasteiger partial charge is 0.311 e. The predicted octanol–water partition coefficient (Wildman–Crippen LogP) is 4.50. The van der Waals surface area contributed by atoms with Crippen molar-refractivity contribution in [2.75, 3.05) is 6.54 Å². The van der Waals surface area contributed by atoms with Crippen LogP contribution in [0.3, 0.4) is 0 Å². The van der Waals surface area contributed by atoms with Gasteiger partial charge in [0.05, 0.1) is 5.01 Å². The third kappa shape index (κ3) is 4.28. The van der Waals surface area contributed by atoms with Crippen LogP contribution in [-0.4, -0.2) is 11.5 Å². The molecular weight excluding hydrogens is 252 g/mol. The van der Waals surface area contributed by atoms with Crippen LogP contribution in [0.2, 0.25) is 0 Å². The van der Waals surface area contributed by atoms with Gasteiger partial charge in [0.15, 0.2) is 0 Å². The van der Waals surface area contributed by atoms with Gasteiger partial charge >= 0.3 is 0 Å². The van der Waals surface area contributed by atoms with Gasteiger partial charge in [-0.1, -0.05) is 47.0 Å². The molecule has 0 aromatic carbocycles. The molecule has 108 valence electrons. The van der Waals surface area contributed by atoms with E-state index in [1.165, 1.54) is 42.0 Å². The Morgan fingerprint density at radius 3 is 2.53 bits per heavy atom. The molecule has 1 aromatic rings. The van der Waals surface area contributed by atoms with E-state index in [1.54, 1.807) is 0 Å². The zero-order valence-corrected chi connectivity index (χ0v) is 13.7. The number of hydrogen-bond donors (Lipinski definition) is 1. The van der Waals surface area contributed by atoms with E-state index in [9.17, 15) is 0 Å². The molecule has 1 heterocycles. The maximum atomic E-state index is 4.55. The summed E-state index contributed by atoms with van der Waals surface area (Å²) in [4.78, 5) is 5.91. The highest BCUT2D eigenvalue weighted by Gasteiger charge is 2.26. The Kier molecular flexibility index (Phi) is 4.67. The molecule has 1 N–H and O–H groups in total. The Bertz CT molecular complexity index is 397. The van der Waals surface area contributed by atoms with Gasteiger partial charge in [-0.05, 0) is 18.3 Å². The molecule has 3 heteroatoms. The smallest absolute Gasteiger partial charge is 0.0981 e. The number of nitrogens with zero attached hydrogens (tertiary/aromatic N) is 1. The van der Waals surface area contributed by atoms with Crippen LogP contribution in [0.25, 0.3) is 0 Å². The molecule has 0 spiro atoms. The van der Waals surface area contributed by atoms with Gasteiger partial charge in [0.25, 0.3) is 0 Å². The van der Waals surface area contributed by atoms with Gasteiger partial charge in [-0.3, -0.25) is 0 Å². The summed E-state index contributed by atoms with van der Waals surface area (Å²) in [6.45, 7) is 11.2. The fourth-order valence-corrected chi connectivity index (χ4v) is 3.75. The monoisotopic (exact) mass is 280 g/mol. The van der Waals surface area contributed by atoms with Crippen LogP contribution >= 0.6 is 11.3 Å². The van der Waals surface area contributed by atoms with E-state index in [0.29, 0.717) is 5.41 Å². The SMILES string of the molecule is CC1(CNCc2cnc(C(C)(C)C)s2)CCCCC1. The normalized spacial score (nSPS) is 19.6. The molecular formula is C16H28N2S. The standard InChI is InChI=1S/C16H28N2S/c1-15(2,3)14-18-11-13(19-14)10-17-12-16(4)8-6-5-7-9-16/h11,17H,5-10,12H2,1-4H3. The minimum absolute atomic E-state index is 0.179.